The molecule has 29 heavy (non-hydrogen) atoms. The lowest BCUT2D eigenvalue weighted by atomic mass is 10.1. The van der Waals surface area contributed by atoms with E-state index in [1.165, 1.54) is 6.07 Å². The van der Waals surface area contributed by atoms with E-state index in [2.05, 4.69) is 10.6 Å². The van der Waals surface area contributed by atoms with Crippen molar-refractivity contribution in [3.63, 3.8) is 0 Å². The number of hydrogen-bond donors (Lipinski definition) is 2. The van der Waals surface area contributed by atoms with Gasteiger partial charge in [0.25, 0.3) is 11.8 Å². The third-order valence-electron chi connectivity index (χ3n) is 4.67. The third kappa shape index (κ3) is 5.51. The van der Waals surface area contributed by atoms with E-state index < -0.39 is 0 Å². The van der Waals surface area contributed by atoms with E-state index in [1.54, 1.807) is 42.5 Å². The van der Waals surface area contributed by atoms with Crippen molar-refractivity contribution in [1.29, 1.82) is 0 Å². The van der Waals surface area contributed by atoms with Gasteiger partial charge in [-0.15, -0.1) is 0 Å². The monoisotopic (exact) mass is 390 g/mol. The number of nitrogens with one attached hydrogen (secondary N) is 2. The third-order valence-corrected chi connectivity index (χ3v) is 4.67. The maximum absolute atomic E-state index is 13.6. The fourth-order valence-corrected chi connectivity index (χ4v) is 3.02. The molecule has 0 aliphatic heterocycles. The van der Waals surface area contributed by atoms with Crippen LogP contribution in [0.15, 0.2) is 78.9 Å². The molecule has 148 valence electrons. The SMILES string of the molecule is CC(NC(=O)c1cccc(C(=O)NCCc2ccccc2F)c1)c1ccccc1. The van der Waals surface area contributed by atoms with Gasteiger partial charge in [0.15, 0.2) is 0 Å². The Morgan fingerprint density at radius 1 is 0.862 bits per heavy atom. The lowest BCUT2D eigenvalue weighted by molar-refractivity contribution is 0.0940. The molecule has 0 spiro atoms. The molecule has 0 heterocycles. The van der Waals surface area contributed by atoms with Crippen molar-refractivity contribution in [3.8, 4) is 0 Å². The molecule has 0 saturated heterocycles. The Hall–Kier alpha value is -3.47. The van der Waals surface area contributed by atoms with Gasteiger partial charge in [0, 0.05) is 17.7 Å². The molecule has 0 aliphatic carbocycles. The molecule has 2 amide bonds. The van der Waals surface area contributed by atoms with Crippen LogP contribution in [-0.4, -0.2) is 18.4 Å². The second-order valence-corrected chi connectivity index (χ2v) is 6.78. The standard InChI is InChI=1S/C24H23FN2O2/c1-17(18-8-3-2-4-9-18)27-24(29)21-12-7-11-20(16-21)23(28)26-15-14-19-10-5-6-13-22(19)25/h2-13,16-17H,14-15H2,1H3,(H,26,28)(H,27,29). The normalized spacial score (nSPS) is 11.5. The topological polar surface area (TPSA) is 58.2 Å². The minimum absolute atomic E-state index is 0.151. The zero-order valence-electron chi connectivity index (χ0n) is 16.2. The summed E-state index contributed by atoms with van der Waals surface area (Å²) in [5, 5.41) is 5.71. The van der Waals surface area contributed by atoms with Gasteiger partial charge in [-0.3, -0.25) is 9.59 Å². The highest BCUT2D eigenvalue weighted by Crippen LogP contribution is 2.13. The highest BCUT2D eigenvalue weighted by molar-refractivity contribution is 5.99. The first-order valence-electron chi connectivity index (χ1n) is 9.52. The molecule has 0 saturated carbocycles. The van der Waals surface area contributed by atoms with Crippen molar-refractivity contribution in [2.24, 2.45) is 0 Å². The first-order chi connectivity index (χ1) is 14.0. The van der Waals surface area contributed by atoms with Crippen molar-refractivity contribution in [3.05, 3.63) is 107 Å². The van der Waals surface area contributed by atoms with Crippen molar-refractivity contribution in [1.82, 2.24) is 10.6 Å². The van der Waals surface area contributed by atoms with Gasteiger partial charge in [0.2, 0.25) is 0 Å². The number of carbonyl (C=O) groups is 2. The average Bonchev–Trinajstić information content (AvgIpc) is 2.75. The van der Waals surface area contributed by atoms with Crippen LogP contribution in [-0.2, 0) is 6.42 Å². The number of benzene rings is 3. The van der Waals surface area contributed by atoms with Crippen LogP contribution >= 0.6 is 0 Å². The maximum atomic E-state index is 13.6. The second kappa shape index (κ2) is 9.64. The summed E-state index contributed by atoms with van der Waals surface area (Å²) < 4.78 is 13.6. The first kappa shape index (κ1) is 20.3. The molecular weight excluding hydrogens is 367 g/mol. The molecule has 0 bridgehead atoms. The maximum Gasteiger partial charge on any atom is 0.251 e. The molecule has 0 aromatic heterocycles. The second-order valence-electron chi connectivity index (χ2n) is 6.78. The Balaban J connectivity index is 1.58. The van der Waals surface area contributed by atoms with Gasteiger partial charge in [0.1, 0.15) is 5.82 Å². The fourth-order valence-electron chi connectivity index (χ4n) is 3.02. The number of amides is 2. The summed E-state index contributed by atoms with van der Waals surface area (Å²) in [5.74, 6) is -0.831. The van der Waals surface area contributed by atoms with Crippen molar-refractivity contribution in [2.45, 2.75) is 19.4 Å². The van der Waals surface area contributed by atoms with Crippen molar-refractivity contribution < 1.29 is 14.0 Å². The van der Waals surface area contributed by atoms with Crippen LogP contribution in [0.3, 0.4) is 0 Å². The van der Waals surface area contributed by atoms with Gasteiger partial charge < -0.3 is 10.6 Å². The van der Waals surface area contributed by atoms with Gasteiger partial charge in [-0.25, -0.2) is 4.39 Å². The average molecular weight is 390 g/mol. The Kier molecular flexibility index (Phi) is 6.74. The Morgan fingerprint density at radius 2 is 1.52 bits per heavy atom. The Bertz CT molecular complexity index is 989. The molecule has 3 rings (SSSR count). The molecule has 5 heteroatoms. The zero-order chi connectivity index (χ0) is 20.6. The number of hydrogen-bond acceptors (Lipinski definition) is 2. The molecule has 1 unspecified atom stereocenters. The smallest absolute Gasteiger partial charge is 0.251 e. The van der Waals surface area contributed by atoms with Gasteiger partial charge >= 0.3 is 0 Å². The van der Waals surface area contributed by atoms with Crippen LogP contribution in [0.1, 0.15) is 44.8 Å². The molecule has 3 aromatic carbocycles. The van der Waals surface area contributed by atoms with Crippen LogP contribution < -0.4 is 10.6 Å². The van der Waals surface area contributed by atoms with E-state index in [9.17, 15) is 14.0 Å². The molecular formula is C24H23FN2O2. The van der Waals surface area contributed by atoms with E-state index in [0.29, 0.717) is 29.7 Å². The lowest BCUT2D eigenvalue weighted by Gasteiger charge is -2.14. The predicted octanol–water partition coefficient (Wildman–Crippen LogP) is 4.29. The molecule has 0 aliphatic rings. The molecule has 0 fully saturated rings. The number of carbonyl (C=O) groups excluding carboxylic acids is 2. The van der Waals surface area contributed by atoms with Crippen LogP contribution in [0.25, 0.3) is 0 Å². The minimum atomic E-state index is -0.299. The van der Waals surface area contributed by atoms with Crippen LogP contribution in [0.2, 0.25) is 0 Å². The van der Waals surface area contributed by atoms with E-state index in [4.69, 9.17) is 0 Å². The highest BCUT2D eigenvalue weighted by Gasteiger charge is 2.13. The van der Waals surface area contributed by atoms with Gasteiger partial charge in [-0.1, -0.05) is 54.6 Å². The van der Waals surface area contributed by atoms with Crippen molar-refractivity contribution in [2.75, 3.05) is 6.54 Å². The predicted molar refractivity (Wildman–Crippen MR) is 111 cm³/mol. The van der Waals surface area contributed by atoms with Crippen LogP contribution in [0.5, 0.6) is 0 Å². The lowest BCUT2D eigenvalue weighted by Crippen LogP contribution is -2.28. The summed E-state index contributed by atoms with van der Waals surface area (Å²) in [6, 6.07) is 22.6. The minimum Gasteiger partial charge on any atom is -0.352 e. The number of halogens is 1. The van der Waals surface area contributed by atoms with Crippen LogP contribution in [0, 0.1) is 5.82 Å². The molecule has 1 atom stereocenters. The summed E-state index contributed by atoms with van der Waals surface area (Å²) in [5.41, 5.74) is 2.35. The molecule has 3 aromatic rings. The quantitative estimate of drug-likeness (QED) is 0.632. The largest absolute Gasteiger partial charge is 0.352 e. The van der Waals surface area contributed by atoms with E-state index in [1.807, 2.05) is 37.3 Å². The summed E-state index contributed by atoms with van der Waals surface area (Å²) in [6.45, 7) is 2.22. The number of rotatable bonds is 7. The summed E-state index contributed by atoms with van der Waals surface area (Å²) in [7, 11) is 0. The fraction of sp³-hybridized carbons (Fsp3) is 0.167. The summed E-state index contributed by atoms with van der Waals surface area (Å²) in [4.78, 5) is 25.0. The van der Waals surface area contributed by atoms with E-state index >= 15 is 0 Å². The van der Waals surface area contributed by atoms with Gasteiger partial charge in [0.05, 0.1) is 6.04 Å². The zero-order valence-corrected chi connectivity index (χ0v) is 16.2. The van der Waals surface area contributed by atoms with E-state index in [-0.39, 0.29) is 23.7 Å². The van der Waals surface area contributed by atoms with Crippen molar-refractivity contribution >= 4 is 11.8 Å². The highest BCUT2D eigenvalue weighted by atomic mass is 19.1. The Labute approximate surface area is 169 Å². The first-order valence-corrected chi connectivity index (χ1v) is 9.52. The van der Waals surface area contributed by atoms with Gasteiger partial charge in [-0.05, 0) is 48.7 Å². The van der Waals surface area contributed by atoms with Gasteiger partial charge in [-0.2, -0.15) is 0 Å². The summed E-state index contributed by atoms with van der Waals surface area (Å²) >= 11 is 0. The summed E-state index contributed by atoms with van der Waals surface area (Å²) in [6.07, 6.45) is 0.396. The molecule has 2 N–H and O–H groups in total. The molecule has 0 radical (unpaired) electrons. The Morgan fingerprint density at radius 3 is 2.24 bits per heavy atom. The van der Waals surface area contributed by atoms with E-state index in [0.717, 1.165) is 5.56 Å². The van der Waals surface area contributed by atoms with Crippen LogP contribution in [0.4, 0.5) is 4.39 Å². The molecule has 4 nitrogen and oxygen atoms in total.